The van der Waals surface area contributed by atoms with Gasteiger partial charge in [-0.2, -0.15) is 0 Å². The van der Waals surface area contributed by atoms with E-state index in [1.807, 2.05) is 0 Å². The summed E-state index contributed by atoms with van der Waals surface area (Å²) >= 11 is 0. The molecule has 1 aliphatic heterocycles. The lowest BCUT2D eigenvalue weighted by Crippen LogP contribution is -2.41. The number of carbonyl (C=O) groups is 1. The monoisotopic (exact) mass is 378 g/mol. The third-order valence-corrected chi connectivity index (χ3v) is 6.68. The maximum atomic E-state index is 13.0. The van der Waals surface area contributed by atoms with Gasteiger partial charge >= 0.3 is 0 Å². The van der Waals surface area contributed by atoms with Crippen molar-refractivity contribution in [1.82, 2.24) is 14.9 Å². The fraction of sp³-hybridized carbons (Fsp3) is 0.353. The fourth-order valence-corrected chi connectivity index (χ4v) is 4.72. The molecule has 1 amide bonds. The number of hydrogen-bond donors (Lipinski definition) is 1. The van der Waals surface area contributed by atoms with Gasteiger partial charge in [-0.3, -0.25) is 4.79 Å². The molecule has 26 heavy (non-hydrogen) atoms. The van der Waals surface area contributed by atoms with Crippen LogP contribution in [-0.4, -0.2) is 47.5 Å². The number of nitrogens with zero attached hydrogens (tertiary/aromatic N) is 3. The maximum Gasteiger partial charge on any atom is 0.219 e. The minimum absolute atomic E-state index is 0.00519. The van der Waals surface area contributed by atoms with E-state index in [-0.39, 0.29) is 22.4 Å². The Bertz CT molecular complexity index is 894. The summed E-state index contributed by atoms with van der Waals surface area (Å²) in [5, 5.41) is 2.31. The summed E-state index contributed by atoms with van der Waals surface area (Å²) in [6, 6.07) is 5.54. The van der Waals surface area contributed by atoms with Crippen molar-refractivity contribution in [3.05, 3.63) is 42.6 Å². The largest absolute Gasteiger partial charge is 0.343 e. The maximum absolute atomic E-state index is 13.0. The molecule has 0 atom stereocenters. The molecule has 0 spiro atoms. The van der Waals surface area contributed by atoms with E-state index < -0.39 is 15.1 Å². The van der Waals surface area contributed by atoms with Gasteiger partial charge in [-0.05, 0) is 37.1 Å². The number of carbonyl (C=O) groups excluding carboxylic acids is 1. The molecule has 138 valence electrons. The number of rotatable bonds is 4. The number of halogens is 1. The second-order valence-corrected chi connectivity index (χ2v) is 8.31. The molecule has 0 unspecified atom stereocenters. The molecule has 7 nitrogen and oxygen atoms in total. The van der Waals surface area contributed by atoms with E-state index in [9.17, 15) is 17.6 Å². The number of anilines is 2. The number of likely N-dealkylation sites (tertiary alicyclic amines) is 1. The summed E-state index contributed by atoms with van der Waals surface area (Å²) in [4.78, 5) is 21.0. The molecular formula is C17H19FN4O3S. The van der Waals surface area contributed by atoms with Crippen LogP contribution in [-0.2, 0) is 14.6 Å². The van der Waals surface area contributed by atoms with E-state index in [1.165, 1.54) is 43.7 Å². The van der Waals surface area contributed by atoms with Crippen molar-refractivity contribution in [2.24, 2.45) is 0 Å². The summed E-state index contributed by atoms with van der Waals surface area (Å²) in [5.74, 6) is -0.286. The molecule has 1 aromatic carbocycles. The zero-order valence-electron chi connectivity index (χ0n) is 14.2. The summed E-state index contributed by atoms with van der Waals surface area (Å²) in [6.45, 7) is 2.30. The third-order valence-electron chi connectivity index (χ3n) is 4.42. The van der Waals surface area contributed by atoms with Crippen molar-refractivity contribution < 1.29 is 17.6 Å². The number of amides is 1. The second-order valence-electron chi connectivity index (χ2n) is 6.12. The van der Waals surface area contributed by atoms with Crippen molar-refractivity contribution >= 4 is 27.2 Å². The Balaban J connectivity index is 1.84. The van der Waals surface area contributed by atoms with Crippen LogP contribution >= 0.6 is 0 Å². The molecule has 9 heteroatoms. The molecule has 0 saturated carbocycles. The van der Waals surface area contributed by atoms with Gasteiger partial charge in [-0.1, -0.05) is 0 Å². The lowest BCUT2D eigenvalue weighted by molar-refractivity contribution is -0.129. The van der Waals surface area contributed by atoms with Crippen molar-refractivity contribution in [2.75, 3.05) is 18.4 Å². The molecule has 1 fully saturated rings. The van der Waals surface area contributed by atoms with Crippen LogP contribution in [0.4, 0.5) is 15.9 Å². The average Bonchev–Trinajstić information content (AvgIpc) is 2.64. The van der Waals surface area contributed by atoms with E-state index in [2.05, 4.69) is 15.3 Å². The molecule has 2 heterocycles. The molecule has 1 aromatic heterocycles. The predicted octanol–water partition coefficient (Wildman–Crippen LogP) is 2.14. The Morgan fingerprint density at radius 1 is 1.23 bits per heavy atom. The van der Waals surface area contributed by atoms with Crippen LogP contribution in [0.3, 0.4) is 0 Å². The van der Waals surface area contributed by atoms with E-state index in [0.29, 0.717) is 31.6 Å². The van der Waals surface area contributed by atoms with Crippen LogP contribution < -0.4 is 5.32 Å². The molecule has 0 radical (unpaired) electrons. The van der Waals surface area contributed by atoms with E-state index in [1.54, 1.807) is 4.90 Å². The Kier molecular flexibility index (Phi) is 5.17. The SMILES string of the molecule is CC(=O)N1CCC(S(=O)(=O)c2cncnc2Nc2ccc(F)cc2)CC1. The zero-order chi connectivity index (χ0) is 18.7. The average molecular weight is 378 g/mol. The normalized spacial score (nSPS) is 15.7. The van der Waals surface area contributed by atoms with Gasteiger partial charge < -0.3 is 10.2 Å². The Morgan fingerprint density at radius 2 is 1.88 bits per heavy atom. The molecule has 0 aliphatic carbocycles. The smallest absolute Gasteiger partial charge is 0.219 e. The van der Waals surface area contributed by atoms with Crippen LogP contribution in [0.1, 0.15) is 19.8 Å². The van der Waals surface area contributed by atoms with E-state index in [0.717, 1.165) is 0 Å². The zero-order valence-corrected chi connectivity index (χ0v) is 15.0. The minimum Gasteiger partial charge on any atom is -0.343 e. The van der Waals surface area contributed by atoms with Crippen molar-refractivity contribution in [3.8, 4) is 0 Å². The van der Waals surface area contributed by atoms with Gasteiger partial charge in [0.1, 0.15) is 17.0 Å². The molecule has 0 bridgehead atoms. The number of piperidine rings is 1. The molecular weight excluding hydrogens is 359 g/mol. The molecule has 1 N–H and O–H groups in total. The van der Waals surface area contributed by atoms with Crippen molar-refractivity contribution in [3.63, 3.8) is 0 Å². The van der Waals surface area contributed by atoms with Crippen molar-refractivity contribution in [1.29, 1.82) is 0 Å². The van der Waals surface area contributed by atoms with E-state index in [4.69, 9.17) is 0 Å². The number of hydrogen-bond acceptors (Lipinski definition) is 6. The summed E-state index contributed by atoms with van der Waals surface area (Å²) in [6.07, 6.45) is 3.26. The summed E-state index contributed by atoms with van der Waals surface area (Å²) < 4.78 is 39.1. The Labute approximate surface area is 151 Å². The van der Waals surface area contributed by atoms with Crippen LogP contribution in [0.2, 0.25) is 0 Å². The predicted molar refractivity (Wildman–Crippen MR) is 94.2 cm³/mol. The first kappa shape index (κ1) is 18.2. The quantitative estimate of drug-likeness (QED) is 0.876. The lowest BCUT2D eigenvalue weighted by Gasteiger charge is -2.31. The van der Waals surface area contributed by atoms with Crippen LogP contribution in [0.25, 0.3) is 0 Å². The van der Waals surface area contributed by atoms with Gasteiger partial charge in [0.25, 0.3) is 0 Å². The highest BCUT2D eigenvalue weighted by molar-refractivity contribution is 7.92. The highest BCUT2D eigenvalue weighted by atomic mass is 32.2. The van der Waals surface area contributed by atoms with Gasteiger partial charge in [-0.15, -0.1) is 0 Å². The van der Waals surface area contributed by atoms with E-state index >= 15 is 0 Å². The number of sulfone groups is 1. The van der Waals surface area contributed by atoms with Gasteiger partial charge in [0, 0.05) is 25.7 Å². The Hall–Kier alpha value is -2.55. The van der Waals surface area contributed by atoms with Crippen LogP contribution in [0, 0.1) is 5.82 Å². The highest BCUT2D eigenvalue weighted by Gasteiger charge is 2.34. The summed E-state index contributed by atoms with van der Waals surface area (Å²) in [7, 11) is -3.67. The topological polar surface area (TPSA) is 92.3 Å². The van der Waals surface area contributed by atoms with Gasteiger partial charge in [0.05, 0.1) is 11.4 Å². The molecule has 1 saturated heterocycles. The van der Waals surface area contributed by atoms with Gasteiger partial charge in [0.2, 0.25) is 5.91 Å². The molecule has 2 aromatic rings. The van der Waals surface area contributed by atoms with Crippen molar-refractivity contribution in [2.45, 2.75) is 29.9 Å². The number of aromatic nitrogens is 2. The van der Waals surface area contributed by atoms with Crippen LogP contribution in [0.15, 0.2) is 41.7 Å². The third kappa shape index (κ3) is 3.82. The lowest BCUT2D eigenvalue weighted by atomic mass is 10.1. The standard InChI is InChI=1S/C17H19FN4O3S/c1-12(23)22-8-6-15(7-9-22)26(24,25)16-10-19-11-20-17(16)21-14-4-2-13(18)3-5-14/h2-5,10-11,15H,6-9H2,1H3,(H,19,20,21). The second kappa shape index (κ2) is 7.36. The first-order chi connectivity index (χ1) is 12.4. The highest BCUT2D eigenvalue weighted by Crippen LogP contribution is 2.29. The first-order valence-electron chi connectivity index (χ1n) is 8.20. The van der Waals surface area contributed by atoms with Gasteiger partial charge in [-0.25, -0.2) is 22.8 Å². The van der Waals surface area contributed by atoms with Gasteiger partial charge in [0.15, 0.2) is 15.7 Å². The number of nitrogens with one attached hydrogen (secondary N) is 1. The first-order valence-corrected chi connectivity index (χ1v) is 9.74. The molecule has 3 rings (SSSR count). The fourth-order valence-electron chi connectivity index (χ4n) is 2.95. The Morgan fingerprint density at radius 3 is 2.50 bits per heavy atom. The minimum atomic E-state index is -3.67. The number of benzene rings is 1. The molecule has 1 aliphatic rings. The summed E-state index contributed by atoms with van der Waals surface area (Å²) in [5.41, 5.74) is 0.521. The van der Waals surface area contributed by atoms with Crippen LogP contribution in [0.5, 0.6) is 0 Å².